The molecule has 0 aliphatic carbocycles. The van der Waals surface area contributed by atoms with Crippen molar-refractivity contribution in [2.75, 3.05) is 0 Å². The molecule has 0 bridgehead atoms. The second kappa shape index (κ2) is 5.85. The Bertz CT molecular complexity index is 766. The zero-order chi connectivity index (χ0) is 14.8. The molecule has 0 atom stereocenters. The monoisotopic (exact) mass is 318 g/mol. The molecule has 6 heteroatoms. The molecule has 3 aromatic rings. The van der Waals surface area contributed by atoms with Gasteiger partial charge in [-0.2, -0.15) is 0 Å². The molecule has 1 heterocycles. The normalized spacial score (nSPS) is 10.8. The van der Waals surface area contributed by atoms with Crippen LogP contribution in [0.5, 0.6) is 0 Å². The van der Waals surface area contributed by atoms with Crippen LogP contribution in [0.2, 0.25) is 10.0 Å². The molecule has 0 saturated heterocycles. The summed E-state index contributed by atoms with van der Waals surface area (Å²) < 4.78 is 1.70. The second-order valence-corrected chi connectivity index (χ2v) is 5.38. The molecule has 0 amide bonds. The molecule has 21 heavy (non-hydrogen) atoms. The first-order chi connectivity index (χ1) is 10.2. The van der Waals surface area contributed by atoms with Crippen LogP contribution in [0.3, 0.4) is 0 Å². The SMILES string of the molecule is NCc1cc(-c2cn(-c3ccc(Cl)cc3)nn2)ccc1Cl. The van der Waals surface area contributed by atoms with Gasteiger partial charge in [-0.05, 0) is 42.0 Å². The van der Waals surface area contributed by atoms with E-state index in [-0.39, 0.29) is 0 Å². The molecule has 0 radical (unpaired) electrons. The Labute approximate surface area is 132 Å². The van der Waals surface area contributed by atoms with Crippen LogP contribution in [-0.4, -0.2) is 15.0 Å². The van der Waals surface area contributed by atoms with E-state index in [0.717, 1.165) is 22.5 Å². The van der Waals surface area contributed by atoms with Gasteiger partial charge in [0.15, 0.2) is 0 Å². The number of halogens is 2. The lowest BCUT2D eigenvalue weighted by atomic mass is 10.1. The predicted octanol–water partition coefficient (Wildman–Crippen LogP) is 3.70. The molecule has 4 nitrogen and oxygen atoms in total. The lowest BCUT2D eigenvalue weighted by Crippen LogP contribution is -1.97. The van der Waals surface area contributed by atoms with Crippen LogP contribution < -0.4 is 5.73 Å². The van der Waals surface area contributed by atoms with Crippen LogP contribution in [0.15, 0.2) is 48.7 Å². The van der Waals surface area contributed by atoms with Crippen molar-refractivity contribution in [2.24, 2.45) is 5.73 Å². The summed E-state index contributed by atoms with van der Waals surface area (Å²) in [5, 5.41) is 9.66. The van der Waals surface area contributed by atoms with Crippen LogP contribution in [0, 0.1) is 0 Å². The third-order valence-corrected chi connectivity index (χ3v) is 3.77. The Morgan fingerprint density at radius 1 is 1.05 bits per heavy atom. The first kappa shape index (κ1) is 14.1. The van der Waals surface area contributed by atoms with Crippen molar-refractivity contribution in [1.29, 1.82) is 0 Å². The summed E-state index contributed by atoms with van der Waals surface area (Å²) in [6, 6.07) is 13.0. The summed E-state index contributed by atoms with van der Waals surface area (Å²) in [4.78, 5) is 0. The maximum Gasteiger partial charge on any atom is 0.113 e. The van der Waals surface area contributed by atoms with E-state index in [1.165, 1.54) is 0 Å². The van der Waals surface area contributed by atoms with Crippen molar-refractivity contribution in [3.8, 4) is 16.9 Å². The molecule has 2 aromatic carbocycles. The molecule has 0 fully saturated rings. The van der Waals surface area contributed by atoms with E-state index in [0.29, 0.717) is 16.6 Å². The summed E-state index contributed by atoms with van der Waals surface area (Å²) in [5.74, 6) is 0. The quantitative estimate of drug-likeness (QED) is 0.801. The van der Waals surface area contributed by atoms with Crippen molar-refractivity contribution < 1.29 is 0 Å². The highest BCUT2D eigenvalue weighted by molar-refractivity contribution is 6.31. The molecule has 0 saturated carbocycles. The van der Waals surface area contributed by atoms with Gasteiger partial charge in [-0.15, -0.1) is 5.10 Å². The number of rotatable bonds is 3. The van der Waals surface area contributed by atoms with Crippen LogP contribution in [-0.2, 0) is 6.54 Å². The first-order valence-electron chi connectivity index (χ1n) is 6.34. The van der Waals surface area contributed by atoms with Crippen molar-refractivity contribution in [2.45, 2.75) is 6.54 Å². The van der Waals surface area contributed by atoms with Crippen molar-refractivity contribution in [1.82, 2.24) is 15.0 Å². The van der Waals surface area contributed by atoms with Crippen LogP contribution >= 0.6 is 23.2 Å². The maximum atomic E-state index is 6.07. The smallest absolute Gasteiger partial charge is 0.113 e. The molecular weight excluding hydrogens is 307 g/mol. The van der Waals surface area contributed by atoms with E-state index in [1.54, 1.807) is 4.68 Å². The number of hydrogen-bond acceptors (Lipinski definition) is 3. The summed E-state index contributed by atoms with van der Waals surface area (Å²) in [7, 11) is 0. The molecule has 3 rings (SSSR count). The lowest BCUT2D eigenvalue weighted by molar-refractivity contribution is 0.804. The molecular formula is C15H12Cl2N4. The number of aromatic nitrogens is 3. The Morgan fingerprint density at radius 2 is 1.81 bits per heavy atom. The highest BCUT2D eigenvalue weighted by atomic mass is 35.5. The third kappa shape index (κ3) is 2.93. The predicted molar refractivity (Wildman–Crippen MR) is 84.7 cm³/mol. The average molecular weight is 319 g/mol. The van der Waals surface area contributed by atoms with Gasteiger partial charge in [-0.1, -0.05) is 34.5 Å². The third-order valence-electron chi connectivity index (χ3n) is 3.15. The van der Waals surface area contributed by atoms with E-state index in [2.05, 4.69) is 10.3 Å². The second-order valence-electron chi connectivity index (χ2n) is 4.54. The Morgan fingerprint density at radius 3 is 2.52 bits per heavy atom. The van der Waals surface area contributed by atoms with E-state index in [4.69, 9.17) is 28.9 Å². The Hall–Kier alpha value is -1.88. The summed E-state index contributed by atoms with van der Waals surface area (Å²) in [5.41, 5.74) is 9.14. The Balaban J connectivity index is 1.96. The molecule has 2 N–H and O–H groups in total. The molecule has 0 aliphatic rings. The van der Waals surface area contributed by atoms with Gasteiger partial charge in [0.2, 0.25) is 0 Å². The minimum absolute atomic E-state index is 0.387. The highest BCUT2D eigenvalue weighted by Crippen LogP contribution is 2.24. The van der Waals surface area contributed by atoms with E-state index >= 15 is 0 Å². The molecule has 0 aliphatic heterocycles. The van der Waals surface area contributed by atoms with E-state index in [9.17, 15) is 0 Å². The minimum Gasteiger partial charge on any atom is -0.326 e. The van der Waals surface area contributed by atoms with Gasteiger partial charge in [0.25, 0.3) is 0 Å². The fourth-order valence-corrected chi connectivity index (χ4v) is 2.33. The minimum atomic E-state index is 0.387. The standard InChI is InChI=1S/C15H12Cl2N4/c16-12-2-4-13(5-3-12)21-9-15(19-20-21)10-1-6-14(17)11(7-10)8-18/h1-7,9H,8,18H2. The van der Waals surface area contributed by atoms with Gasteiger partial charge < -0.3 is 5.73 Å². The zero-order valence-electron chi connectivity index (χ0n) is 11.0. The Kier molecular flexibility index (Phi) is 3.92. The van der Waals surface area contributed by atoms with Gasteiger partial charge in [0.05, 0.1) is 11.9 Å². The van der Waals surface area contributed by atoms with Crippen LogP contribution in [0.25, 0.3) is 16.9 Å². The molecule has 0 spiro atoms. The number of nitrogens with two attached hydrogens (primary N) is 1. The van der Waals surface area contributed by atoms with Gasteiger partial charge in [-0.25, -0.2) is 4.68 Å². The van der Waals surface area contributed by atoms with Gasteiger partial charge in [0, 0.05) is 22.2 Å². The lowest BCUT2D eigenvalue weighted by Gasteiger charge is -2.03. The zero-order valence-corrected chi connectivity index (χ0v) is 12.5. The highest BCUT2D eigenvalue weighted by Gasteiger charge is 2.08. The number of nitrogens with zero attached hydrogens (tertiary/aromatic N) is 3. The van der Waals surface area contributed by atoms with Crippen molar-refractivity contribution in [3.05, 3.63) is 64.3 Å². The van der Waals surface area contributed by atoms with E-state index < -0.39 is 0 Å². The number of hydrogen-bond donors (Lipinski definition) is 1. The molecule has 1 aromatic heterocycles. The summed E-state index contributed by atoms with van der Waals surface area (Å²) >= 11 is 11.9. The van der Waals surface area contributed by atoms with Crippen LogP contribution in [0.4, 0.5) is 0 Å². The topological polar surface area (TPSA) is 56.7 Å². The summed E-state index contributed by atoms with van der Waals surface area (Å²) in [6.07, 6.45) is 1.85. The van der Waals surface area contributed by atoms with E-state index in [1.807, 2.05) is 48.7 Å². The molecule has 106 valence electrons. The van der Waals surface area contributed by atoms with Gasteiger partial charge in [0.1, 0.15) is 5.69 Å². The van der Waals surface area contributed by atoms with Crippen LogP contribution in [0.1, 0.15) is 5.56 Å². The van der Waals surface area contributed by atoms with Gasteiger partial charge >= 0.3 is 0 Å². The fraction of sp³-hybridized carbons (Fsp3) is 0.0667. The largest absolute Gasteiger partial charge is 0.326 e. The maximum absolute atomic E-state index is 6.07. The summed E-state index contributed by atoms with van der Waals surface area (Å²) in [6.45, 7) is 0.387. The first-order valence-corrected chi connectivity index (χ1v) is 7.10. The van der Waals surface area contributed by atoms with Crippen molar-refractivity contribution >= 4 is 23.2 Å². The average Bonchev–Trinajstić information content (AvgIpc) is 2.98. The molecule has 0 unspecified atom stereocenters. The number of benzene rings is 2. The van der Waals surface area contributed by atoms with Gasteiger partial charge in [-0.3, -0.25) is 0 Å². The van der Waals surface area contributed by atoms with Crippen molar-refractivity contribution in [3.63, 3.8) is 0 Å². The fourth-order valence-electron chi connectivity index (χ4n) is 2.01.